The van der Waals surface area contributed by atoms with Crippen LogP contribution in [-0.4, -0.2) is 64.0 Å². The fraction of sp³-hybridized carbons (Fsp3) is 0.429. The van der Waals surface area contributed by atoms with Crippen LogP contribution in [0.3, 0.4) is 0 Å². The maximum absolute atomic E-state index is 10.9. The van der Waals surface area contributed by atoms with Gasteiger partial charge < -0.3 is 15.0 Å². The van der Waals surface area contributed by atoms with Crippen LogP contribution in [0.25, 0.3) is 16.6 Å². The number of methoxy groups -OCH3 is 1. The van der Waals surface area contributed by atoms with E-state index in [4.69, 9.17) is 4.74 Å². The lowest BCUT2D eigenvalue weighted by Gasteiger charge is -2.10. The Kier molecular flexibility index (Phi) is 5.95. The molecule has 0 radical (unpaired) electrons. The Morgan fingerprint density at radius 2 is 2.07 bits per heavy atom. The zero-order valence-electron chi connectivity index (χ0n) is 17.0. The molecular weight excluding hydrogens is 382 g/mol. The van der Waals surface area contributed by atoms with Gasteiger partial charge in [-0.25, -0.2) is 4.52 Å². The van der Waals surface area contributed by atoms with Gasteiger partial charge in [-0.15, -0.1) is 0 Å². The van der Waals surface area contributed by atoms with Crippen molar-refractivity contribution in [3.63, 3.8) is 0 Å². The van der Waals surface area contributed by atoms with Crippen LogP contribution in [0.4, 0.5) is 0 Å². The van der Waals surface area contributed by atoms with Crippen molar-refractivity contribution < 1.29 is 9.53 Å². The molecule has 30 heavy (non-hydrogen) atoms. The molecule has 9 heteroatoms. The minimum absolute atomic E-state index is 0.194. The highest BCUT2D eigenvalue weighted by atomic mass is 16.5. The fourth-order valence-corrected chi connectivity index (χ4v) is 3.87. The molecule has 2 aliphatic rings. The molecule has 0 aliphatic carbocycles. The molecule has 0 saturated carbocycles. The second-order valence-electron chi connectivity index (χ2n) is 7.47. The molecule has 3 aromatic rings. The molecule has 0 aromatic carbocycles. The second-order valence-corrected chi connectivity index (χ2v) is 7.47. The molecule has 3 aromatic heterocycles. The maximum atomic E-state index is 10.9. The van der Waals surface area contributed by atoms with E-state index in [0.29, 0.717) is 23.4 Å². The Morgan fingerprint density at radius 1 is 1.23 bits per heavy atom. The van der Waals surface area contributed by atoms with Crippen molar-refractivity contribution in [2.24, 2.45) is 0 Å². The van der Waals surface area contributed by atoms with Crippen LogP contribution in [-0.2, 0) is 4.79 Å². The first-order chi connectivity index (χ1) is 14.7. The van der Waals surface area contributed by atoms with Gasteiger partial charge in [-0.05, 0) is 38.4 Å². The fourth-order valence-electron chi connectivity index (χ4n) is 3.87. The van der Waals surface area contributed by atoms with Gasteiger partial charge in [-0.3, -0.25) is 9.48 Å². The summed E-state index contributed by atoms with van der Waals surface area (Å²) in [5.74, 6) is 0.590. The first-order valence-electron chi connectivity index (χ1n) is 10.1. The number of ether oxygens (including phenoxy) is 1. The van der Waals surface area contributed by atoms with E-state index >= 15 is 0 Å². The minimum Gasteiger partial charge on any atom is -0.494 e. The molecule has 0 bridgehead atoms. The summed E-state index contributed by atoms with van der Waals surface area (Å²) in [5, 5.41) is 21.1. The Hall–Kier alpha value is -3.38. The van der Waals surface area contributed by atoms with E-state index in [1.54, 1.807) is 22.7 Å². The van der Waals surface area contributed by atoms with E-state index in [1.165, 1.54) is 32.1 Å². The number of carbonyl (C=O) groups excluding carboxylic acids is 1. The molecule has 1 amide bonds. The molecule has 2 fully saturated rings. The highest BCUT2D eigenvalue weighted by Gasteiger charge is 2.23. The molecule has 5 rings (SSSR count). The van der Waals surface area contributed by atoms with Gasteiger partial charge in [0.15, 0.2) is 0 Å². The molecule has 2 saturated heterocycles. The predicted octanol–water partition coefficient (Wildman–Crippen LogP) is 1.85. The zero-order valence-corrected chi connectivity index (χ0v) is 17.0. The second kappa shape index (κ2) is 8.97. The van der Waals surface area contributed by atoms with Crippen LogP contribution in [0.15, 0.2) is 30.9 Å². The number of nitriles is 1. The summed E-state index contributed by atoms with van der Waals surface area (Å²) in [6, 6.07) is 4.20. The van der Waals surface area contributed by atoms with Crippen molar-refractivity contribution in [1.82, 2.24) is 29.6 Å². The van der Waals surface area contributed by atoms with Crippen molar-refractivity contribution in [3.8, 4) is 22.9 Å². The van der Waals surface area contributed by atoms with Crippen LogP contribution < -0.4 is 10.1 Å². The number of fused-ring (bicyclic) bond motifs is 1. The van der Waals surface area contributed by atoms with E-state index in [-0.39, 0.29) is 6.04 Å². The summed E-state index contributed by atoms with van der Waals surface area (Å²) < 4.78 is 8.99. The highest BCUT2D eigenvalue weighted by molar-refractivity contribution is 5.74. The third-order valence-electron chi connectivity index (χ3n) is 5.53. The van der Waals surface area contributed by atoms with E-state index in [0.717, 1.165) is 30.5 Å². The van der Waals surface area contributed by atoms with Gasteiger partial charge in [0.2, 0.25) is 6.41 Å². The van der Waals surface area contributed by atoms with E-state index < -0.39 is 0 Å². The summed E-state index contributed by atoms with van der Waals surface area (Å²) in [5.41, 5.74) is 2.95. The number of hydrogen-bond acceptors (Lipinski definition) is 6. The summed E-state index contributed by atoms with van der Waals surface area (Å²) >= 11 is 0. The van der Waals surface area contributed by atoms with Gasteiger partial charge >= 0.3 is 0 Å². The number of hydrogen-bond donors (Lipinski definition) is 1. The largest absolute Gasteiger partial charge is 0.494 e. The van der Waals surface area contributed by atoms with Crippen LogP contribution in [0.5, 0.6) is 5.75 Å². The lowest BCUT2D eigenvalue weighted by atomic mass is 10.1. The average Bonchev–Trinajstić information content (AvgIpc) is 3.59. The van der Waals surface area contributed by atoms with Gasteiger partial charge in [0.25, 0.3) is 0 Å². The number of carbonyl (C=O) groups is 1. The molecule has 0 spiro atoms. The smallest absolute Gasteiger partial charge is 0.209 e. The Balaban J connectivity index is 0.000000383. The van der Waals surface area contributed by atoms with E-state index in [2.05, 4.69) is 21.6 Å². The zero-order chi connectivity index (χ0) is 20.9. The van der Waals surface area contributed by atoms with Crippen LogP contribution >= 0.6 is 0 Å². The van der Waals surface area contributed by atoms with Crippen molar-refractivity contribution in [3.05, 3.63) is 36.4 Å². The molecule has 5 heterocycles. The number of nitrogens with zero attached hydrogens (tertiary/aromatic N) is 6. The SMILES string of the molecule is C1CCNC1.COc1cc(-c2cnn(C3CCN(C=O)C3)c2)cn2ncc(C#N)c12. The van der Waals surface area contributed by atoms with Crippen molar-refractivity contribution in [1.29, 1.82) is 5.26 Å². The quantitative estimate of drug-likeness (QED) is 0.663. The Labute approximate surface area is 174 Å². The molecule has 2 aliphatic heterocycles. The third kappa shape index (κ3) is 4.00. The van der Waals surface area contributed by atoms with Gasteiger partial charge in [-0.2, -0.15) is 15.5 Å². The summed E-state index contributed by atoms with van der Waals surface area (Å²) in [6.45, 7) is 3.94. The predicted molar refractivity (Wildman–Crippen MR) is 111 cm³/mol. The number of likely N-dealkylation sites (tertiary alicyclic amines) is 1. The normalized spacial score (nSPS) is 18.1. The topological polar surface area (TPSA) is 100 Å². The number of aromatic nitrogens is 4. The lowest BCUT2D eigenvalue weighted by Crippen LogP contribution is -2.19. The number of rotatable bonds is 4. The third-order valence-corrected chi connectivity index (χ3v) is 5.53. The standard InChI is InChI=1S/C17H16N6O2.C4H9N/c1-25-16-4-12(8-23-17(16)13(5-18)6-20-23)14-7-19-22(9-14)15-2-3-21(10-15)11-24;1-2-4-5-3-1/h4,6-9,11,15H,2-3,10H2,1H3;5H,1-4H2. The van der Waals surface area contributed by atoms with Crippen molar-refractivity contribution >= 4 is 11.9 Å². The van der Waals surface area contributed by atoms with Gasteiger partial charge in [0, 0.05) is 36.6 Å². The van der Waals surface area contributed by atoms with Crippen molar-refractivity contribution in [2.45, 2.75) is 25.3 Å². The molecular formula is C21H25N7O2. The number of nitrogens with one attached hydrogen (secondary N) is 1. The summed E-state index contributed by atoms with van der Waals surface area (Å²) in [6.07, 6.45) is 11.7. The highest BCUT2D eigenvalue weighted by Crippen LogP contribution is 2.30. The Morgan fingerprint density at radius 3 is 2.70 bits per heavy atom. The lowest BCUT2D eigenvalue weighted by molar-refractivity contribution is -0.117. The maximum Gasteiger partial charge on any atom is 0.209 e. The summed E-state index contributed by atoms with van der Waals surface area (Å²) in [4.78, 5) is 12.6. The van der Waals surface area contributed by atoms with Crippen molar-refractivity contribution in [2.75, 3.05) is 33.3 Å². The molecule has 1 N–H and O–H groups in total. The van der Waals surface area contributed by atoms with Crippen LogP contribution in [0.2, 0.25) is 0 Å². The monoisotopic (exact) mass is 407 g/mol. The van der Waals surface area contributed by atoms with Gasteiger partial charge in [0.1, 0.15) is 22.9 Å². The Bertz CT molecular complexity index is 1050. The number of pyridine rings is 1. The molecule has 1 atom stereocenters. The van der Waals surface area contributed by atoms with Crippen LogP contribution in [0, 0.1) is 11.3 Å². The average molecular weight is 407 g/mol. The van der Waals surface area contributed by atoms with E-state index in [1.807, 2.05) is 23.1 Å². The molecule has 1 unspecified atom stereocenters. The van der Waals surface area contributed by atoms with Gasteiger partial charge in [0.05, 0.1) is 25.5 Å². The van der Waals surface area contributed by atoms with E-state index in [9.17, 15) is 10.1 Å². The first kappa shape index (κ1) is 19.9. The molecule has 9 nitrogen and oxygen atoms in total. The summed E-state index contributed by atoms with van der Waals surface area (Å²) in [7, 11) is 1.57. The number of amides is 1. The minimum atomic E-state index is 0.194. The van der Waals surface area contributed by atoms with Gasteiger partial charge in [-0.1, -0.05) is 0 Å². The molecule has 156 valence electrons. The van der Waals surface area contributed by atoms with Crippen LogP contribution in [0.1, 0.15) is 30.9 Å². The first-order valence-corrected chi connectivity index (χ1v) is 10.1.